The molecular formula is C13H11NO3S. The zero-order valence-electron chi connectivity index (χ0n) is 9.45. The maximum absolute atomic E-state index is 12.1. The first-order chi connectivity index (χ1) is 8.66. The third kappa shape index (κ3) is 3.01. The summed E-state index contributed by atoms with van der Waals surface area (Å²) in [6, 6.07) is 9.78. The van der Waals surface area contributed by atoms with Crippen LogP contribution in [-0.4, -0.2) is 20.3 Å². The van der Waals surface area contributed by atoms with E-state index in [2.05, 4.69) is 4.98 Å². The number of carboxylic acids is 1. The normalized spacial score (nSPS) is 12.0. The minimum absolute atomic E-state index is 0.149. The second-order valence-electron chi connectivity index (χ2n) is 3.68. The molecular weight excluding hydrogens is 250 g/mol. The number of nitrogens with zero attached hydrogens (tertiary/aromatic N) is 1. The molecule has 1 atom stereocenters. The van der Waals surface area contributed by atoms with Crippen molar-refractivity contribution in [2.75, 3.05) is 0 Å². The number of hydrogen-bond donors (Lipinski definition) is 1. The zero-order chi connectivity index (χ0) is 13.0. The topological polar surface area (TPSA) is 67.3 Å². The van der Waals surface area contributed by atoms with Crippen LogP contribution in [0.25, 0.3) is 0 Å². The fourth-order valence-corrected chi connectivity index (χ4v) is 2.64. The Balaban J connectivity index is 2.19. The number of benzene rings is 1. The van der Waals surface area contributed by atoms with Crippen LogP contribution in [0.1, 0.15) is 15.9 Å². The smallest absolute Gasteiger partial charge is 0.335 e. The van der Waals surface area contributed by atoms with Gasteiger partial charge in [-0.15, -0.1) is 0 Å². The van der Waals surface area contributed by atoms with Crippen molar-refractivity contribution in [2.45, 2.75) is 10.6 Å². The summed E-state index contributed by atoms with van der Waals surface area (Å²) in [5.74, 6) is -0.663. The predicted molar refractivity (Wildman–Crippen MR) is 67.8 cm³/mol. The van der Waals surface area contributed by atoms with Crippen LogP contribution < -0.4 is 0 Å². The second kappa shape index (κ2) is 5.55. The summed E-state index contributed by atoms with van der Waals surface area (Å²) in [7, 11) is -1.25. The summed E-state index contributed by atoms with van der Waals surface area (Å²) in [5, 5.41) is 8.87. The van der Waals surface area contributed by atoms with Gasteiger partial charge in [0.25, 0.3) is 0 Å². The van der Waals surface area contributed by atoms with Crippen LogP contribution in [0.4, 0.5) is 0 Å². The molecule has 0 aliphatic heterocycles. The predicted octanol–water partition coefficient (Wildman–Crippen LogP) is 2.09. The van der Waals surface area contributed by atoms with E-state index in [1.807, 2.05) is 0 Å². The van der Waals surface area contributed by atoms with Crippen LogP contribution in [0.5, 0.6) is 0 Å². The van der Waals surface area contributed by atoms with Crippen LogP contribution in [-0.2, 0) is 16.6 Å². The minimum atomic E-state index is -1.25. The maximum atomic E-state index is 12.1. The molecule has 18 heavy (non-hydrogen) atoms. The summed E-state index contributed by atoms with van der Waals surface area (Å²) in [5.41, 5.74) is 1.06. The molecule has 5 heteroatoms. The van der Waals surface area contributed by atoms with Crippen LogP contribution in [0, 0.1) is 0 Å². The highest BCUT2D eigenvalue weighted by molar-refractivity contribution is 7.84. The molecule has 0 fully saturated rings. The largest absolute Gasteiger partial charge is 0.478 e. The average Bonchev–Trinajstić information content (AvgIpc) is 2.40. The Hall–Kier alpha value is -2.01. The van der Waals surface area contributed by atoms with Gasteiger partial charge in [0, 0.05) is 17.3 Å². The standard InChI is InChI=1S/C13H11NO3S/c15-13(16)11-2-1-3-12(8-11)18(17)9-10-4-6-14-7-5-10/h1-8H,9H2,(H,15,16). The Morgan fingerprint density at radius 3 is 2.61 bits per heavy atom. The monoisotopic (exact) mass is 261 g/mol. The third-order valence-electron chi connectivity index (χ3n) is 2.39. The lowest BCUT2D eigenvalue weighted by Gasteiger charge is -2.03. The number of pyridine rings is 1. The van der Waals surface area contributed by atoms with E-state index in [1.54, 1.807) is 36.7 Å². The quantitative estimate of drug-likeness (QED) is 0.915. The van der Waals surface area contributed by atoms with Crippen molar-refractivity contribution in [3.63, 3.8) is 0 Å². The molecule has 1 heterocycles. The molecule has 0 bridgehead atoms. The molecule has 0 saturated heterocycles. The third-order valence-corrected chi connectivity index (χ3v) is 3.77. The van der Waals surface area contributed by atoms with Gasteiger partial charge >= 0.3 is 5.97 Å². The highest BCUT2D eigenvalue weighted by Crippen LogP contribution is 2.13. The van der Waals surface area contributed by atoms with Gasteiger partial charge in [-0.05, 0) is 35.9 Å². The first-order valence-electron chi connectivity index (χ1n) is 5.27. The van der Waals surface area contributed by atoms with Gasteiger partial charge in [-0.2, -0.15) is 0 Å². The Morgan fingerprint density at radius 1 is 1.22 bits per heavy atom. The van der Waals surface area contributed by atoms with E-state index in [1.165, 1.54) is 12.1 Å². The van der Waals surface area contributed by atoms with Gasteiger partial charge in [0.2, 0.25) is 0 Å². The zero-order valence-corrected chi connectivity index (χ0v) is 10.3. The molecule has 0 aliphatic rings. The molecule has 2 rings (SSSR count). The number of carbonyl (C=O) groups is 1. The first kappa shape index (κ1) is 12.4. The van der Waals surface area contributed by atoms with Gasteiger partial charge in [0.05, 0.1) is 22.1 Å². The van der Waals surface area contributed by atoms with Crippen LogP contribution in [0.3, 0.4) is 0 Å². The van der Waals surface area contributed by atoms with E-state index >= 15 is 0 Å². The summed E-state index contributed by atoms with van der Waals surface area (Å²) in [6.07, 6.45) is 3.28. The average molecular weight is 261 g/mol. The van der Waals surface area contributed by atoms with Gasteiger partial charge in [0.1, 0.15) is 0 Å². The highest BCUT2D eigenvalue weighted by atomic mass is 32.2. The molecule has 92 valence electrons. The van der Waals surface area contributed by atoms with Crippen molar-refractivity contribution in [1.29, 1.82) is 0 Å². The van der Waals surface area contributed by atoms with Gasteiger partial charge in [-0.25, -0.2) is 4.79 Å². The first-order valence-corrected chi connectivity index (χ1v) is 6.59. The van der Waals surface area contributed by atoms with E-state index in [0.717, 1.165) is 5.56 Å². The molecule has 0 radical (unpaired) electrons. The summed E-state index contributed by atoms with van der Waals surface area (Å²) >= 11 is 0. The van der Waals surface area contributed by atoms with E-state index < -0.39 is 16.8 Å². The van der Waals surface area contributed by atoms with E-state index in [-0.39, 0.29) is 5.56 Å². The Bertz CT molecular complexity index is 584. The molecule has 0 saturated carbocycles. The van der Waals surface area contributed by atoms with Crippen molar-refractivity contribution in [2.24, 2.45) is 0 Å². The highest BCUT2D eigenvalue weighted by Gasteiger charge is 2.08. The molecule has 0 spiro atoms. The number of aromatic nitrogens is 1. The number of carboxylic acid groups (broad SMARTS) is 1. The molecule has 0 aliphatic carbocycles. The minimum Gasteiger partial charge on any atom is -0.478 e. The second-order valence-corrected chi connectivity index (χ2v) is 5.13. The Labute approximate surface area is 107 Å². The molecule has 1 aromatic carbocycles. The van der Waals surface area contributed by atoms with Crippen molar-refractivity contribution in [3.05, 3.63) is 59.9 Å². The Kier molecular flexibility index (Phi) is 3.84. The van der Waals surface area contributed by atoms with Crippen LogP contribution in [0.15, 0.2) is 53.7 Å². The van der Waals surface area contributed by atoms with Crippen LogP contribution in [0.2, 0.25) is 0 Å². The van der Waals surface area contributed by atoms with Crippen molar-refractivity contribution in [3.8, 4) is 0 Å². The SMILES string of the molecule is O=C(O)c1cccc(S(=O)Cc2ccncc2)c1. The number of aromatic carboxylic acids is 1. The fraction of sp³-hybridized carbons (Fsp3) is 0.0769. The molecule has 1 unspecified atom stereocenters. The molecule has 1 aromatic heterocycles. The molecule has 0 amide bonds. The van der Waals surface area contributed by atoms with Crippen molar-refractivity contribution < 1.29 is 14.1 Å². The maximum Gasteiger partial charge on any atom is 0.335 e. The number of rotatable bonds is 4. The lowest BCUT2D eigenvalue weighted by molar-refractivity contribution is 0.0696. The van der Waals surface area contributed by atoms with E-state index in [4.69, 9.17) is 5.11 Å². The van der Waals surface area contributed by atoms with Gasteiger partial charge in [-0.3, -0.25) is 9.19 Å². The van der Waals surface area contributed by atoms with E-state index in [9.17, 15) is 9.00 Å². The molecule has 1 N–H and O–H groups in total. The summed E-state index contributed by atoms with van der Waals surface area (Å²) in [4.78, 5) is 15.2. The van der Waals surface area contributed by atoms with Crippen molar-refractivity contribution in [1.82, 2.24) is 4.98 Å². The van der Waals surface area contributed by atoms with Crippen LogP contribution >= 0.6 is 0 Å². The Morgan fingerprint density at radius 2 is 1.94 bits per heavy atom. The lowest BCUT2D eigenvalue weighted by atomic mass is 10.2. The van der Waals surface area contributed by atoms with Gasteiger partial charge in [-0.1, -0.05) is 6.07 Å². The molecule has 4 nitrogen and oxygen atoms in total. The fourth-order valence-electron chi connectivity index (χ4n) is 1.48. The van der Waals surface area contributed by atoms with Gasteiger partial charge in [0.15, 0.2) is 0 Å². The van der Waals surface area contributed by atoms with Gasteiger partial charge < -0.3 is 5.11 Å². The summed E-state index contributed by atoms with van der Waals surface area (Å²) < 4.78 is 12.1. The van der Waals surface area contributed by atoms with E-state index in [0.29, 0.717) is 10.6 Å². The summed E-state index contributed by atoms with van der Waals surface area (Å²) in [6.45, 7) is 0. The number of hydrogen-bond acceptors (Lipinski definition) is 3. The van der Waals surface area contributed by atoms with Crippen molar-refractivity contribution >= 4 is 16.8 Å². The lowest BCUT2D eigenvalue weighted by Crippen LogP contribution is -2.00. The molecule has 2 aromatic rings.